The third kappa shape index (κ3) is 4.52. The highest BCUT2D eigenvalue weighted by atomic mass is 15.2. The van der Waals surface area contributed by atoms with Crippen LogP contribution in [0.5, 0.6) is 0 Å². The summed E-state index contributed by atoms with van der Waals surface area (Å²) in [6, 6.07) is 1.48. The molecule has 108 valence electrons. The largest absolute Gasteiger partial charge is 0.316 e. The van der Waals surface area contributed by atoms with Gasteiger partial charge in [0.1, 0.15) is 0 Å². The lowest BCUT2D eigenvalue weighted by atomic mass is 9.77. The Balaban J connectivity index is 2.39. The average molecular weight is 255 g/mol. The number of nitrogens with zero attached hydrogens (tertiary/aromatic N) is 2. The van der Waals surface area contributed by atoms with Gasteiger partial charge in [-0.2, -0.15) is 0 Å². The maximum Gasteiger partial charge on any atom is 0.0197 e. The van der Waals surface area contributed by atoms with Crippen LogP contribution < -0.4 is 5.32 Å². The molecule has 3 atom stereocenters. The molecule has 18 heavy (non-hydrogen) atoms. The van der Waals surface area contributed by atoms with Crippen LogP contribution in [-0.2, 0) is 0 Å². The summed E-state index contributed by atoms with van der Waals surface area (Å²) in [5.74, 6) is 0.876. The molecule has 1 aliphatic rings. The van der Waals surface area contributed by atoms with Crippen LogP contribution in [0.3, 0.4) is 0 Å². The molecule has 3 heteroatoms. The molecular formula is C15H33N3. The fourth-order valence-electron chi connectivity index (χ4n) is 3.20. The zero-order chi connectivity index (χ0) is 13.5. The summed E-state index contributed by atoms with van der Waals surface area (Å²) in [6.45, 7) is 11.7. The van der Waals surface area contributed by atoms with Crippen LogP contribution in [0, 0.1) is 5.92 Å². The van der Waals surface area contributed by atoms with E-state index in [-0.39, 0.29) is 0 Å². The first kappa shape index (κ1) is 15.9. The summed E-state index contributed by atoms with van der Waals surface area (Å²) in [4.78, 5) is 5.01. The first-order valence-electron chi connectivity index (χ1n) is 7.71. The molecule has 0 bridgehead atoms. The maximum atomic E-state index is 3.59. The average Bonchev–Trinajstić information content (AvgIpc) is 2.28. The Labute approximate surface area is 114 Å². The van der Waals surface area contributed by atoms with Crippen LogP contribution >= 0.6 is 0 Å². The third-order valence-electron chi connectivity index (χ3n) is 4.20. The highest BCUT2D eigenvalue weighted by Gasteiger charge is 2.36. The van der Waals surface area contributed by atoms with Crippen molar-refractivity contribution in [2.75, 3.05) is 40.3 Å². The summed E-state index contributed by atoms with van der Waals surface area (Å²) >= 11 is 0. The van der Waals surface area contributed by atoms with Crippen molar-refractivity contribution in [2.45, 2.75) is 52.1 Å². The Hall–Kier alpha value is -0.120. The van der Waals surface area contributed by atoms with E-state index < -0.39 is 0 Å². The van der Waals surface area contributed by atoms with Gasteiger partial charge in [-0.15, -0.1) is 0 Å². The maximum absolute atomic E-state index is 3.59. The fraction of sp³-hybridized carbons (Fsp3) is 1.00. The minimum absolute atomic E-state index is 0.670. The Morgan fingerprint density at radius 3 is 2.39 bits per heavy atom. The summed E-state index contributed by atoms with van der Waals surface area (Å²) in [7, 11) is 4.34. The molecule has 0 spiro atoms. The van der Waals surface area contributed by atoms with Gasteiger partial charge in [-0.25, -0.2) is 0 Å². The molecule has 0 aliphatic heterocycles. The Morgan fingerprint density at radius 1 is 1.22 bits per heavy atom. The van der Waals surface area contributed by atoms with Gasteiger partial charge in [0.15, 0.2) is 0 Å². The van der Waals surface area contributed by atoms with Crippen molar-refractivity contribution < 1.29 is 0 Å². The predicted octanol–water partition coefficient (Wildman–Crippen LogP) is 2.04. The second-order valence-electron chi connectivity index (χ2n) is 6.05. The van der Waals surface area contributed by atoms with Crippen molar-refractivity contribution in [3.8, 4) is 0 Å². The van der Waals surface area contributed by atoms with E-state index in [9.17, 15) is 0 Å². The highest BCUT2D eigenvalue weighted by molar-refractivity contribution is 4.91. The highest BCUT2D eigenvalue weighted by Crippen LogP contribution is 2.32. The lowest BCUT2D eigenvalue weighted by Crippen LogP contribution is -2.55. The van der Waals surface area contributed by atoms with Crippen molar-refractivity contribution in [3.05, 3.63) is 0 Å². The standard InChI is InChI=1S/C15H33N3/c1-6-10-16-11-14-8-9-15(14)18(7-2)13(3)12-17(4)5/h13-16H,6-12H2,1-5H3. The quantitative estimate of drug-likeness (QED) is 0.636. The molecule has 1 saturated carbocycles. The van der Waals surface area contributed by atoms with Gasteiger partial charge in [-0.05, 0) is 65.8 Å². The third-order valence-corrected chi connectivity index (χ3v) is 4.20. The van der Waals surface area contributed by atoms with Gasteiger partial charge in [0, 0.05) is 18.6 Å². The van der Waals surface area contributed by atoms with Gasteiger partial charge < -0.3 is 10.2 Å². The van der Waals surface area contributed by atoms with Gasteiger partial charge in [0.05, 0.1) is 0 Å². The molecule has 0 radical (unpaired) electrons. The van der Waals surface area contributed by atoms with E-state index >= 15 is 0 Å². The molecule has 3 unspecified atom stereocenters. The van der Waals surface area contributed by atoms with E-state index in [1.54, 1.807) is 0 Å². The molecule has 0 aromatic carbocycles. The van der Waals surface area contributed by atoms with Crippen LogP contribution in [0.15, 0.2) is 0 Å². The second-order valence-corrected chi connectivity index (χ2v) is 6.05. The van der Waals surface area contributed by atoms with Crippen LogP contribution in [0.4, 0.5) is 0 Å². The van der Waals surface area contributed by atoms with Crippen LogP contribution in [-0.4, -0.2) is 62.2 Å². The smallest absolute Gasteiger partial charge is 0.0197 e. The number of hydrogen-bond acceptors (Lipinski definition) is 3. The molecule has 1 fully saturated rings. The van der Waals surface area contributed by atoms with Crippen molar-refractivity contribution in [3.63, 3.8) is 0 Å². The Morgan fingerprint density at radius 2 is 1.94 bits per heavy atom. The van der Waals surface area contributed by atoms with E-state index in [4.69, 9.17) is 0 Å². The van der Waals surface area contributed by atoms with Crippen LogP contribution in [0.1, 0.15) is 40.0 Å². The van der Waals surface area contributed by atoms with E-state index in [1.807, 2.05) is 0 Å². The zero-order valence-corrected chi connectivity index (χ0v) is 13.1. The minimum atomic E-state index is 0.670. The summed E-state index contributed by atoms with van der Waals surface area (Å²) in [5.41, 5.74) is 0. The molecule has 0 heterocycles. The first-order valence-corrected chi connectivity index (χ1v) is 7.71. The number of likely N-dealkylation sites (N-methyl/N-ethyl adjacent to an activating group) is 2. The first-order chi connectivity index (χ1) is 8.60. The molecule has 1 rings (SSSR count). The lowest BCUT2D eigenvalue weighted by Gasteiger charge is -2.47. The molecule has 0 aromatic heterocycles. The second kappa shape index (κ2) is 8.13. The monoisotopic (exact) mass is 255 g/mol. The van der Waals surface area contributed by atoms with Crippen molar-refractivity contribution >= 4 is 0 Å². The van der Waals surface area contributed by atoms with Gasteiger partial charge >= 0.3 is 0 Å². The number of hydrogen-bond donors (Lipinski definition) is 1. The zero-order valence-electron chi connectivity index (χ0n) is 13.1. The SMILES string of the molecule is CCCNCC1CCC1N(CC)C(C)CN(C)C. The summed E-state index contributed by atoms with van der Waals surface area (Å²) in [5, 5.41) is 3.59. The number of rotatable bonds is 9. The van der Waals surface area contributed by atoms with E-state index in [0.29, 0.717) is 6.04 Å². The predicted molar refractivity (Wildman–Crippen MR) is 80.1 cm³/mol. The normalized spacial score (nSPS) is 25.5. The van der Waals surface area contributed by atoms with Crippen LogP contribution in [0.25, 0.3) is 0 Å². The van der Waals surface area contributed by atoms with Crippen LogP contribution in [0.2, 0.25) is 0 Å². The fourth-order valence-corrected chi connectivity index (χ4v) is 3.20. The van der Waals surface area contributed by atoms with E-state index in [0.717, 1.165) is 12.0 Å². The molecule has 1 N–H and O–H groups in total. The molecular weight excluding hydrogens is 222 g/mol. The van der Waals surface area contributed by atoms with Crippen molar-refractivity contribution in [1.29, 1.82) is 0 Å². The molecule has 0 amide bonds. The van der Waals surface area contributed by atoms with Gasteiger partial charge in [-0.1, -0.05) is 13.8 Å². The van der Waals surface area contributed by atoms with Gasteiger partial charge in [-0.3, -0.25) is 4.90 Å². The minimum Gasteiger partial charge on any atom is -0.316 e. The van der Waals surface area contributed by atoms with Gasteiger partial charge in [0.2, 0.25) is 0 Å². The molecule has 1 aliphatic carbocycles. The topological polar surface area (TPSA) is 18.5 Å². The van der Waals surface area contributed by atoms with Crippen molar-refractivity contribution in [2.24, 2.45) is 5.92 Å². The van der Waals surface area contributed by atoms with E-state index in [2.05, 4.69) is 50.0 Å². The molecule has 0 aromatic rings. The summed E-state index contributed by atoms with van der Waals surface area (Å²) in [6.07, 6.45) is 4.04. The molecule has 0 saturated heterocycles. The Kier molecular flexibility index (Phi) is 7.20. The lowest BCUT2D eigenvalue weighted by molar-refractivity contribution is 0.0289. The van der Waals surface area contributed by atoms with E-state index in [1.165, 1.54) is 45.4 Å². The molecule has 3 nitrogen and oxygen atoms in total. The van der Waals surface area contributed by atoms with Gasteiger partial charge in [0.25, 0.3) is 0 Å². The number of nitrogens with one attached hydrogen (secondary N) is 1. The Bertz CT molecular complexity index is 218. The van der Waals surface area contributed by atoms with Crippen molar-refractivity contribution in [1.82, 2.24) is 15.1 Å². The summed E-state index contributed by atoms with van der Waals surface area (Å²) < 4.78 is 0.